The molecule has 0 saturated heterocycles. The van der Waals surface area contributed by atoms with Gasteiger partial charge in [-0.1, -0.05) is 28.1 Å². The second-order valence-corrected chi connectivity index (χ2v) is 7.20. The molecule has 1 heterocycles. The molecule has 0 aliphatic carbocycles. The molecule has 8 heteroatoms. The molecule has 3 rings (SSSR count). The molecule has 26 heavy (non-hydrogen) atoms. The highest BCUT2D eigenvalue weighted by molar-refractivity contribution is 9.11. The monoisotopic (exact) mass is 476 g/mol. The predicted molar refractivity (Wildman–Crippen MR) is 109 cm³/mol. The zero-order valence-electron chi connectivity index (χ0n) is 13.6. The fourth-order valence-electron chi connectivity index (χ4n) is 2.25. The number of hydrogen-bond donors (Lipinski definition) is 3. The number of para-hydroxylation sites is 1. The van der Waals surface area contributed by atoms with Gasteiger partial charge >= 0.3 is 0 Å². The molecule has 0 radical (unpaired) electrons. The number of hydrogen-bond acceptors (Lipinski definition) is 6. The van der Waals surface area contributed by atoms with Crippen LogP contribution < -0.4 is 5.43 Å². The van der Waals surface area contributed by atoms with Crippen LogP contribution in [0.4, 0.5) is 5.82 Å². The largest absolute Gasteiger partial charge is 0.507 e. The maximum atomic E-state index is 10.3. The highest BCUT2D eigenvalue weighted by Crippen LogP contribution is 2.37. The quantitative estimate of drug-likeness (QED) is 0.369. The summed E-state index contributed by atoms with van der Waals surface area (Å²) in [5.74, 6) is 1.03. The van der Waals surface area contributed by atoms with Gasteiger partial charge in [0.05, 0.1) is 16.3 Å². The Hall–Kier alpha value is -2.45. The minimum atomic E-state index is 0.0578. The molecule has 1 aromatic heterocycles. The third kappa shape index (κ3) is 4.20. The average molecular weight is 478 g/mol. The van der Waals surface area contributed by atoms with E-state index >= 15 is 0 Å². The molecule has 0 bridgehead atoms. The van der Waals surface area contributed by atoms with Crippen LogP contribution in [0.5, 0.6) is 11.5 Å². The Morgan fingerprint density at radius 1 is 1.08 bits per heavy atom. The molecule has 0 atom stereocenters. The summed E-state index contributed by atoms with van der Waals surface area (Å²) in [6.45, 7) is 1.83. The first-order valence-electron chi connectivity index (χ1n) is 7.55. The number of hydrazone groups is 1. The van der Waals surface area contributed by atoms with Gasteiger partial charge in [-0.3, -0.25) is 5.43 Å². The molecular weight excluding hydrogens is 464 g/mol. The van der Waals surface area contributed by atoms with Crippen molar-refractivity contribution in [1.29, 1.82) is 0 Å². The first-order valence-corrected chi connectivity index (χ1v) is 9.14. The average Bonchev–Trinajstić information content (AvgIpc) is 2.59. The summed E-state index contributed by atoms with van der Waals surface area (Å²) >= 11 is 6.70. The molecule has 2 aromatic carbocycles. The lowest BCUT2D eigenvalue weighted by atomic mass is 10.2. The highest BCUT2D eigenvalue weighted by Gasteiger charge is 2.13. The van der Waals surface area contributed by atoms with Gasteiger partial charge in [0.15, 0.2) is 11.6 Å². The first-order chi connectivity index (χ1) is 12.4. The van der Waals surface area contributed by atoms with Crippen molar-refractivity contribution in [2.45, 2.75) is 6.92 Å². The summed E-state index contributed by atoms with van der Waals surface area (Å²) in [5, 5.41) is 24.1. The van der Waals surface area contributed by atoms with Gasteiger partial charge in [0.25, 0.3) is 0 Å². The van der Waals surface area contributed by atoms with E-state index in [1.807, 2.05) is 13.0 Å². The van der Waals surface area contributed by atoms with Gasteiger partial charge in [0.2, 0.25) is 0 Å². The third-order valence-electron chi connectivity index (χ3n) is 3.44. The fourth-order valence-corrected chi connectivity index (χ4v) is 3.47. The van der Waals surface area contributed by atoms with Crippen LogP contribution in [0, 0.1) is 6.92 Å². The lowest BCUT2D eigenvalue weighted by molar-refractivity contribution is 0.473. The lowest BCUT2D eigenvalue weighted by Gasteiger charge is -2.09. The molecule has 3 N–H and O–H groups in total. The Bertz CT molecular complexity index is 993. The normalized spacial score (nSPS) is 11.0. The van der Waals surface area contributed by atoms with E-state index in [1.54, 1.807) is 36.4 Å². The van der Waals surface area contributed by atoms with E-state index in [4.69, 9.17) is 0 Å². The Kier molecular flexibility index (Phi) is 5.53. The van der Waals surface area contributed by atoms with E-state index in [9.17, 15) is 10.2 Å². The van der Waals surface area contributed by atoms with Crippen LogP contribution in [0.3, 0.4) is 0 Å². The number of rotatable bonds is 4. The van der Waals surface area contributed by atoms with Crippen LogP contribution in [0.2, 0.25) is 0 Å². The van der Waals surface area contributed by atoms with Crippen molar-refractivity contribution in [3.63, 3.8) is 0 Å². The number of nitrogens with zero attached hydrogens (tertiary/aromatic N) is 3. The topological polar surface area (TPSA) is 90.6 Å². The Morgan fingerprint density at radius 3 is 2.62 bits per heavy atom. The maximum absolute atomic E-state index is 10.3. The maximum Gasteiger partial charge on any atom is 0.165 e. The number of nitrogens with one attached hydrogen (secondary N) is 1. The van der Waals surface area contributed by atoms with Crippen molar-refractivity contribution in [1.82, 2.24) is 9.97 Å². The Morgan fingerprint density at radius 2 is 1.85 bits per heavy atom. The molecule has 0 fully saturated rings. The van der Waals surface area contributed by atoms with Crippen LogP contribution in [-0.2, 0) is 0 Å². The second-order valence-electron chi connectivity index (χ2n) is 5.43. The van der Waals surface area contributed by atoms with Crippen LogP contribution in [0.25, 0.3) is 11.4 Å². The van der Waals surface area contributed by atoms with Crippen molar-refractivity contribution in [2.75, 3.05) is 5.43 Å². The van der Waals surface area contributed by atoms with Crippen LogP contribution in [0.15, 0.2) is 56.5 Å². The summed E-state index contributed by atoms with van der Waals surface area (Å²) < 4.78 is 1.33. The second kappa shape index (κ2) is 7.84. The van der Waals surface area contributed by atoms with Crippen LogP contribution in [0.1, 0.15) is 11.3 Å². The number of aromatic nitrogens is 2. The van der Waals surface area contributed by atoms with Crippen molar-refractivity contribution in [3.05, 3.63) is 62.7 Å². The van der Waals surface area contributed by atoms with Gasteiger partial charge < -0.3 is 10.2 Å². The van der Waals surface area contributed by atoms with Gasteiger partial charge in [-0.25, -0.2) is 9.97 Å². The van der Waals surface area contributed by atoms with E-state index in [2.05, 4.69) is 52.4 Å². The molecule has 0 amide bonds. The van der Waals surface area contributed by atoms with Crippen LogP contribution >= 0.6 is 31.9 Å². The Balaban J connectivity index is 1.90. The molecule has 132 valence electrons. The summed E-state index contributed by atoms with van der Waals surface area (Å²) in [6, 6.07) is 12.1. The van der Waals surface area contributed by atoms with E-state index in [0.29, 0.717) is 32.9 Å². The molecule has 0 saturated carbocycles. The lowest BCUT2D eigenvalue weighted by Crippen LogP contribution is -1.99. The number of aromatic hydroxyl groups is 2. The molecule has 0 spiro atoms. The van der Waals surface area contributed by atoms with E-state index < -0.39 is 0 Å². The smallest absolute Gasteiger partial charge is 0.165 e. The fraction of sp³-hybridized carbons (Fsp3) is 0.0556. The number of halogens is 2. The van der Waals surface area contributed by atoms with Gasteiger partial charge in [0.1, 0.15) is 11.5 Å². The molecule has 0 unspecified atom stereocenters. The number of phenolic OH excluding ortho intramolecular Hbond substituents is 2. The van der Waals surface area contributed by atoms with Crippen molar-refractivity contribution in [3.8, 4) is 22.9 Å². The molecule has 3 aromatic rings. The van der Waals surface area contributed by atoms with Gasteiger partial charge in [-0.15, -0.1) is 0 Å². The van der Waals surface area contributed by atoms with Crippen molar-refractivity contribution >= 4 is 43.9 Å². The summed E-state index contributed by atoms with van der Waals surface area (Å²) in [5.41, 5.74) is 4.61. The van der Waals surface area contributed by atoms with Gasteiger partial charge in [0, 0.05) is 21.8 Å². The molecular formula is C18H14Br2N4O2. The Labute approximate surface area is 166 Å². The zero-order valence-corrected chi connectivity index (χ0v) is 16.8. The summed E-state index contributed by atoms with van der Waals surface area (Å²) in [7, 11) is 0. The molecule has 0 aliphatic rings. The molecule has 6 nitrogen and oxygen atoms in total. The first kappa shape index (κ1) is 18.3. The minimum Gasteiger partial charge on any atom is -0.507 e. The number of phenols is 2. The summed E-state index contributed by atoms with van der Waals surface area (Å²) in [6.07, 6.45) is 1.50. The standard InChI is InChI=1S/C18H14Br2N4O2/c1-10-6-16(24-21-9-11-4-2-3-5-15(11)25)23-18(22-10)13-7-12(19)8-14(20)17(13)26/h2-9,25-26H,1H3,(H,22,23,24). The van der Waals surface area contributed by atoms with E-state index in [1.165, 1.54) is 6.21 Å². The van der Waals surface area contributed by atoms with Crippen LogP contribution in [-0.4, -0.2) is 26.4 Å². The van der Waals surface area contributed by atoms with E-state index in [-0.39, 0.29) is 11.5 Å². The number of benzene rings is 2. The SMILES string of the molecule is Cc1cc(NN=Cc2ccccc2O)nc(-c2cc(Br)cc(Br)c2O)n1. The van der Waals surface area contributed by atoms with Crippen molar-refractivity contribution < 1.29 is 10.2 Å². The summed E-state index contributed by atoms with van der Waals surface area (Å²) in [4.78, 5) is 8.78. The van der Waals surface area contributed by atoms with Gasteiger partial charge in [-0.2, -0.15) is 5.10 Å². The number of anilines is 1. The number of aryl methyl sites for hydroxylation is 1. The molecule has 0 aliphatic heterocycles. The van der Waals surface area contributed by atoms with E-state index in [0.717, 1.165) is 4.47 Å². The zero-order chi connectivity index (χ0) is 18.7. The van der Waals surface area contributed by atoms with Gasteiger partial charge in [-0.05, 0) is 47.1 Å². The third-order valence-corrected chi connectivity index (χ3v) is 4.51. The minimum absolute atomic E-state index is 0.0578. The predicted octanol–water partition coefficient (Wildman–Crippen LogP) is 4.83. The highest BCUT2D eigenvalue weighted by atomic mass is 79.9. The van der Waals surface area contributed by atoms with Crippen molar-refractivity contribution in [2.24, 2.45) is 5.10 Å².